The molecule has 20 heavy (non-hydrogen) atoms. The topological polar surface area (TPSA) is 9.23 Å². The van der Waals surface area contributed by atoms with E-state index in [4.69, 9.17) is 4.43 Å². The molecule has 1 aromatic rings. The standard InChI is InChI=1S/C18H32OSi/c1-4-7-11-15-12-9-14-17(16(15)13-8-5-2)18(19-20)10-6-3/h9,12,14,18H,4-8,10-11,13H2,1-3,20H3. The molecule has 0 aromatic heterocycles. The fourth-order valence-corrected chi connectivity index (χ4v) is 3.37. The zero-order valence-electron chi connectivity index (χ0n) is 13.9. The maximum atomic E-state index is 5.90. The van der Waals surface area contributed by atoms with Crippen molar-refractivity contribution in [1.82, 2.24) is 0 Å². The maximum absolute atomic E-state index is 5.90. The highest BCUT2D eigenvalue weighted by Gasteiger charge is 2.15. The first-order valence-electron chi connectivity index (χ1n) is 8.41. The lowest BCUT2D eigenvalue weighted by atomic mass is 9.90. The Morgan fingerprint density at radius 3 is 2.30 bits per heavy atom. The molecule has 0 saturated heterocycles. The second kappa shape index (κ2) is 10.2. The molecular formula is C18H32OSi. The van der Waals surface area contributed by atoms with Gasteiger partial charge in [0.25, 0.3) is 0 Å². The predicted octanol–water partition coefficient (Wildman–Crippen LogP) is 4.51. The summed E-state index contributed by atoms with van der Waals surface area (Å²) in [5, 5.41) is 0. The fraction of sp³-hybridized carbons (Fsp3) is 0.667. The van der Waals surface area contributed by atoms with Gasteiger partial charge in [-0.15, -0.1) is 0 Å². The van der Waals surface area contributed by atoms with Gasteiger partial charge in [0.2, 0.25) is 0 Å². The van der Waals surface area contributed by atoms with Crippen LogP contribution >= 0.6 is 0 Å². The minimum absolute atomic E-state index is 0.333. The molecule has 1 aromatic carbocycles. The quantitative estimate of drug-likeness (QED) is 0.577. The Kier molecular flexibility index (Phi) is 8.87. The summed E-state index contributed by atoms with van der Waals surface area (Å²) in [5.41, 5.74) is 4.64. The van der Waals surface area contributed by atoms with Crippen molar-refractivity contribution in [3.8, 4) is 0 Å². The average molecular weight is 293 g/mol. The van der Waals surface area contributed by atoms with Crippen LogP contribution in [-0.2, 0) is 17.3 Å². The molecule has 0 fully saturated rings. The molecule has 0 saturated carbocycles. The highest BCUT2D eigenvalue weighted by molar-refractivity contribution is 5.98. The summed E-state index contributed by atoms with van der Waals surface area (Å²) >= 11 is 0. The SMILES string of the molecule is CCCCc1cccc(C(CCC)O[SiH3])c1CCCC. The second-order valence-electron chi connectivity index (χ2n) is 5.71. The van der Waals surface area contributed by atoms with E-state index in [0.717, 1.165) is 16.9 Å². The van der Waals surface area contributed by atoms with Crippen molar-refractivity contribution in [3.63, 3.8) is 0 Å². The van der Waals surface area contributed by atoms with E-state index >= 15 is 0 Å². The van der Waals surface area contributed by atoms with Gasteiger partial charge >= 0.3 is 0 Å². The molecule has 1 nitrogen and oxygen atoms in total. The molecule has 0 aliphatic heterocycles. The highest BCUT2D eigenvalue weighted by atomic mass is 28.2. The lowest BCUT2D eigenvalue weighted by Gasteiger charge is -2.22. The van der Waals surface area contributed by atoms with E-state index in [-0.39, 0.29) is 0 Å². The molecule has 0 amide bonds. The van der Waals surface area contributed by atoms with E-state index in [9.17, 15) is 0 Å². The molecule has 0 radical (unpaired) electrons. The van der Waals surface area contributed by atoms with Crippen LogP contribution in [0.3, 0.4) is 0 Å². The third-order valence-corrected chi connectivity index (χ3v) is 4.64. The van der Waals surface area contributed by atoms with E-state index in [1.165, 1.54) is 50.5 Å². The van der Waals surface area contributed by atoms with Crippen LogP contribution in [0.1, 0.15) is 82.1 Å². The van der Waals surface area contributed by atoms with Crippen molar-refractivity contribution in [3.05, 3.63) is 34.9 Å². The Labute approximate surface area is 128 Å². The molecule has 0 aliphatic rings. The lowest BCUT2D eigenvalue weighted by molar-refractivity contribution is 0.212. The minimum Gasteiger partial charge on any atom is -0.421 e. The molecule has 2 heteroatoms. The van der Waals surface area contributed by atoms with Crippen LogP contribution in [0.15, 0.2) is 18.2 Å². The van der Waals surface area contributed by atoms with Crippen molar-refractivity contribution in [2.45, 2.75) is 78.2 Å². The lowest BCUT2D eigenvalue weighted by Crippen LogP contribution is -2.08. The van der Waals surface area contributed by atoms with Crippen molar-refractivity contribution in [2.24, 2.45) is 0 Å². The van der Waals surface area contributed by atoms with E-state index < -0.39 is 0 Å². The average Bonchev–Trinajstić information content (AvgIpc) is 2.48. The first-order chi connectivity index (χ1) is 9.78. The molecule has 0 spiro atoms. The molecule has 1 atom stereocenters. The molecule has 1 unspecified atom stereocenters. The molecule has 0 aliphatic carbocycles. The Morgan fingerprint density at radius 2 is 1.70 bits per heavy atom. The van der Waals surface area contributed by atoms with Gasteiger partial charge in [0.15, 0.2) is 0 Å². The van der Waals surface area contributed by atoms with Crippen molar-refractivity contribution < 1.29 is 4.43 Å². The number of unbranched alkanes of at least 4 members (excludes halogenated alkanes) is 2. The van der Waals surface area contributed by atoms with Gasteiger partial charge in [0, 0.05) is 0 Å². The van der Waals surface area contributed by atoms with E-state index in [0.29, 0.717) is 6.10 Å². The van der Waals surface area contributed by atoms with Gasteiger partial charge in [-0.05, 0) is 48.8 Å². The monoisotopic (exact) mass is 292 g/mol. The Balaban J connectivity index is 3.05. The highest BCUT2D eigenvalue weighted by Crippen LogP contribution is 2.29. The van der Waals surface area contributed by atoms with Crippen LogP contribution in [0.4, 0.5) is 0 Å². The number of benzene rings is 1. The summed E-state index contributed by atoms with van der Waals surface area (Å²) in [6.45, 7) is 6.80. The van der Waals surface area contributed by atoms with Gasteiger partial charge in [-0.25, -0.2) is 0 Å². The van der Waals surface area contributed by atoms with Gasteiger partial charge in [-0.1, -0.05) is 58.2 Å². The van der Waals surface area contributed by atoms with E-state index in [1.54, 1.807) is 11.1 Å². The zero-order chi connectivity index (χ0) is 14.8. The van der Waals surface area contributed by atoms with Crippen LogP contribution in [0.2, 0.25) is 0 Å². The molecule has 114 valence electrons. The number of rotatable bonds is 10. The number of hydrogen-bond acceptors (Lipinski definition) is 1. The molecule has 0 heterocycles. The first kappa shape index (κ1) is 17.4. The van der Waals surface area contributed by atoms with Crippen molar-refractivity contribution >= 4 is 10.5 Å². The third kappa shape index (κ3) is 5.06. The Hall–Kier alpha value is -0.603. The Morgan fingerprint density at radius 1 is 1.00 bits per heavy atom. The minimum atomic E-state index is 0.333. The Bertz CT molecular complexity index is 376. The second-order valence-corrected chi connectivity index (χ2v) is 6.18. The van der Waals surface area contributed by atoms with E-state index in [2.05, 4.69) is 39.0 Å². The van der Waals surface area contributed by atoms with Crippen LogP contribution in [-0.4, -0.2) is 10.5 Å². The normalized spacial score (nSPS) is 12.8. The summed E-state index contributed by atoms with van der Waals surface area (Å²) in [6, 6.07) is 6.87. The van der Waals surface area contributed by atoms with Crippen LogP contribution in [0, 0.1) is 0 Å². The molecule has 1 rings (SSSR count). The fourth-order valence-electron chi connectivity index (χ4n) is 2.88. The largest absolute Gasteiger partial charge is 0.421 e. The van der Waals surface area contributed by atoms with Crippen molar-refractivity contribution in [2.75, 3.05) is 0 Å². The molecular weight excluding hydrogens is 260 g/mol. The number of hydrogen-bond donors (Lipinski definition) is 0. The van der Waals surface area contributed by atoms with Gasteiger partial charge < -0.3 is 4.43 Å². The third-order valence-electron chi connectivity index (χ3n) is 4.07. The van der Waals surface area contributed by atoms with Gasteiger partial charge in [-0.2, -0.15) is 0 Å². The summed E-state index contributed by atoms with van der Waals surface area (Å²) in [7, 11) is 0.825. The van der Waals surface area contributed by atoms with Crippen LogP contribution in [0.25, 0.3) is 0 Å². The van der Waals surface area contributed by atoms with Gasteiger partial charge in [-0.3, -0.25) is 0 Å². The first-order valence-corrected chi connectivity index (χ1v) is 9.23. The summed E-state index contributed by atoms with van der Waals surface area (Å²) in [6.07, 6.45) is 10.2. The smallest absolute Gasteiger partial charge is 0.146 e. The maximum Gasteiger partial charge on any atom is 0.146 e. The summed E-state index contributed by atoms with van der Waals surface area (Å²) in [5.74, 6) is 0. The summed E-state index contributed by atoms with van der Waals surface area (Å²) in [4.78, 5) is 0. The van der Waals surface area contributed by atoms with Crippen LogP contribution in [0.5, 0.6) is 0 Å². The molecule has 0 bridgehead atoms. The number of aryl methyl sites for hydroxylation is 1. The zero-order valence-corrected chi connectivity index (χ0v) is 15.9. The predicted molar refractivity (Wildman–Crippen MR) is 92.3 cm³/mol. The molecule has 0 N–H and O–H groups in total. The summed E-state index contributed by atoms with van der Waals surface area (Å²) < 4.78 is 5.90. The van der Waals surface area contributed by atoms with Gasteiger partial charge in [0.05, 0.1) is 6.10 Å². The van der Waals surface area contributed by atoms with Crippen LogP contribution < -0.4 is 0 Å². The van der Waals surface area contributed by atoms with Crippen molar-refractivity contribution in [1.29, 1.82) is 0 Å². The van der Waals surface area contributed by atoms with Gasteiger partial charge in [0.1, 0.15) is 10.5 Å². The van der Waals surface area contributed by atoms with E-state index in [1.807, 2.05) is 0 Å².